The van der Waals surface area contributed by atoms with Crippen LogP contribution in [0.1, 0.15) is 15.9 Å². The van der Waals surface area contributed by atoms with Gasteiger partial charge in [0.25, 0.3) is 5.91 Å². The van der Waals surface area contributed by atoms with Gasteiger partial charge in [0, 0.05) is 16.6 Å². The van der Waals surface area contributed by atoms with Crippen molar-refractivity contribution in [3.8, 4) is 23.0 Å². The quantitative estimate of drug-likeness (QED) is 0.555. The molecule has 0 aliphatic rings. The molecular formula is C21H24BrNO5. The van der Waals surface area contributed by atoms with Crippen molar-refractivity contribution < 1.29 is 23.7 Å². The van der Waals surface area contributed by atoms with Crippen molar-refractivity contribution in [2.75, 3.05) is 34.5 Å². The molecule has 0 aromatic heterocycles. The molecule has 6 nitrogen and oxygen atoms in total. The van der Waals surface area contributed by atoms with E-state index in [0.717, 1.165) is 10.0 Å². The lowest BCUT2D eigenvalue weighted by Crippen LogP contribution is -2.25. The summed E-state index contributed by atoms with van der Waals surface area (Å²) in [7, 11) is 4.71. The van der Waals surface area contributed by atoms with Gasteiger partial charge in [0.2, 0.25) is 0 Å². The SMILES string of the molecule is C=CCOc1ccc(C(=O)NCCc2cc(OC)c(OC)cc2Br)cc1OC. The molecule has 0 saturated heterocycles. The molecule has 2 rings (SSSR count). The summed E-state index contributed by atoms with van der Waals surface area (Å²) < 4.78 is 22.3. The highest BCUT2D eigenvalue weighted by Gasteiger charge is 2.13. The Bertz CT molecular complexity index is 838. The molecule has 1 amide bonds. The maximum absolute atomic E-state index is 12.5. The average Bonchev–Trinajstić information content (AvgIpc) is 2.72. The molecule has 0 saturated carbocycles. The van der Waals surface area contributed by atoms with Gasteiger partial charge in [0.1, 0.15) is 6.61 Å². The van der Waals surface area contributed by atoms with Gasteiger partial charge in [0.15, 0.2) is 23.0 Å². The Morgan fingerprint density at radius 1 is 1.04 bits per heavy atom. The smallest absolute Gasteiger partial charge is 0.251 e. The number of benzene rings is 2. The topological polar surface area (TPSA) is 66.0 Å². The van der Waals surface area contributed by atoms with E-state index in [2.05, 4.69) is 27.8 Å². The van der Waals surface area contributed by atoms with Crippen molar-refractivity contribution in [3.63, 3.8) is 0 Å². The van der Waals surface area contributed by atoms with E-state index >= 15 is 0 Å². The van der Waals surface area contributed by atoms with Crippen LogP contribution in [0.2, 0.25) is 0 Å². The van der Waals surface area contributed by atoms with Gasteiger partial charge in [-0.05, 0) is 42.3 Å². The van der Waals surface area contributed by atoms with Crippen molar-refractivity contribution in [2.45, 2.75) is 6.42 Å². The van der Waals surface area contributed by atoms with Crippen molar-refractivity contribution in [1.29, 1.82) is 0 Å². The highest BCUT2D eigenvalue weighted by molar-refractivity contribution is 9.10. The number of carbonyl (C=O) groups excluding carboxylic acids is 1. The Labute approximate surface area is 173 Å². The normalized spacial score (nSPS) is 10.1. The molecule has 0 bridgehead atoms. The molecule has 0 heterocycles. The van der Waals surface area contributed by atoms with Crippen LogP contribution in [0.3, 0.4) is 0 Å². The Hall–Kier alpha value is -2.67. The van der Waals surface area contributed by atoms with Gasteiger partial charge in [-0.1, -0.05) is 28.6 Å². The lowest BCUT2D eigenvalue weighted by molar-refractivity contribution is 0.0953. The molecular weight excluding hydrogens is 426 g/mol. The van der Waals surface area contributed by atoms with Gasteiger partial charge in [-0.25, -0.2) is 0 Å². The Balaban J connectivity index is 2.02. The first-order chi connectivity index (χ1) is 13.5. The van der Waals surface area contributed by atoms with Crippen LogP contribution < -0.4 is 24.3 Å². The number of methoxy groups -OCH3 is 3. The second-order valence-electron chi connectivity index (χ2n) is 5.77. The van der Waals surface area contributed by atoms with Gasteiger partial charge in [-0.2, -0.15) is 0 Å². The number of ether oxygens (including phenoxy) is 4. The first-order valence-electron chi connectivity index (χ1n) is 8.64. The number of amides is 1. The van der Waals surface area contributed by atoms with Crippen molar-refractivity contribution in [1.82, 2.24) is 5.32 Å². The molecule has 0 atom stereocenters. The number of carbonyl (C=O) groups is 1. The van der Waals surface area contributed by atoms with E-state index in [1.165, 1.54) is 7.11 Å². The van der Waals surface area contributed by atoms with Crippen LogP contribution in [0.4, 0.5) is 0 Å². The zero-order chi connectivity index (χ0) is 20.5. The molecule has 28 heavy (non-hydrogen) atoms. The third-order valence-electron chi connectivity index (χ3n) is 4.01. The summed E-state index contributed by atoms with van der Waals surface area (Å²) in [6.45, 7) is 4.44. The fourth-order valence-corrected chi connectivity index (χ4v) is 3.10. The number of nitrogens with one attached hydrogen (secondary N) is 1. The maximum atomic E-state index is 12.5. The fourth-order valence-electron chi connectivity index (χ4n) is 2.58. The van der Waals surface area contributed by atoms with Crippen LogP contribution in [-0.4, -0.2) is 40.4 Å². The van der Waals surface area contributed by atoms with E-state index in [1.807, 2.05) is 12.1 Å². The minimum absolute atomic E-state index is 0.190. The number of rotatable bonds is 10. The zero-order valence-corrected chi connectivity index (χ0v) is 17.8. The second kappa shape index (κ2) is 10.6. The van der Waals surface area contributed by atoms with E-state index in [-0.39, 0.29) is 5.91 Å². The van der Waals surface area contributed by atoms with Gasteiger partial charge in [-0.3, -0.25) is 4.79 Å². The average molecular weight is 450 g/mol. The summed E-state index contributed by atoms with van der Waals surface area (Å²) in [6, 6.07) is 8.80. The highest BCUT2D eigenvalue weighted by Crippen LogP contribution is 2.33. The largest absolute Gasteiger partial charge is 0.493 e. The third kappa shape index (κ3) is 5.42. The van der Waals surface area contributed by atoms with Crippen LogP contribution >= 0.6 is 15.9 Å². The number of hydrogen-bond acceptors (Lipinski definition) is 5. The second-order valence-corrected chi connectivity index (χ2v) is 6.62. The van der Waals surface area contributed by atoms with Crippen molar-refractivity contribution in [3.05, 3.63) is 58.6 Å². The van der Waals surface area contributed by atoms with Gasteiger partial charge >= 0.3 is 0 Å². The van der Waals surface area contributed by atoms with E-state index in [4.69, 9.17) is 18.9 Å². The number of hydrogen-bond donors (Lipinski definition) is 1. The predicted molar refractivity (Wildman–Crippen MR) is 112 cm³/mol. The lowest BCUT2D eigenvalue weighted by atomic mass is 10.1. The minimum Gasteiger partial charge on any atom is -0.493 e. The van der Waals surface area contributed by atoms with Crippen LogP contribution in [0.15, 0.2) is 47.5 Å². The molecule has 2 aromatic carbocycles. The monoisotopic (exact) mass is 449 g/mol. The summed E-state index contributed by atoms with van der Waals surface area (Å²) in [5, 5.41) is 2.91. The predicted octanol–water partition coefficient (Wildman–Crippen LogP) is 4.01. The molecule has 2 aromatic rings. The molecule has 0 aliphatic carbocycles. The fraction of sp³-hybridized carbons (Fsp3) is 0.286. The molecule has 0 spiro atoms. The van der Waals surface area contributed by atoms with Gasteiger partial charge in [0.05, 0.1) is 21.3 Å². The standard InChI is InChI=1S/C21H24BrNO5/c1-5-10-28-17-7-6-15(12-18(17)25-2)21(24)23-9-8-14-11-19(26-3)20(27-4)13-16(14)22/h5-7,11-13H,1,8-10H2,2-4H3,(H,23,24). The summed E-state index contributed by atoms with van der Waals surface area (Å²) >= 11 is 3.53. The summed E-state index contributed by atoms with van der Waals surface area (Å²) in [5.74, 6) is 2.16. The van der Waals surface area contributed by atoms with Crippen molar-refractivity contribution >= 4 is 21.8 Å². The van der Waals surface area contributed by atoms with Gasteiger partial charge in [-0.15, -0.1) is 0 Å². The van der Waals surface area contributed by atoms with E-state index in [1.54, 1.807) is 38.5 Å². The van der Waals surface area contributed by atoms with Crippen LogP contribution in [0, 0.1) is 0 Å². The highest BCUT2D eigenvalue weighted by atomic mass is 79.9. The Morgan fingerprint density at radius 3 is 2.32 bits per heavy atom. The Morgan fingerprint density at radius 2 is 1.68 bits per heavy atom. The van der Waals surface area contributed by atoms with Crippen molar-refractivity contribution in [2.24, 2.45) is 0 Å². The molecule has 0 radical (unpaired) electrons. The molecule has 150 valence electrons. The first-order valence-corrected chi connectivity index (χ1v) is 9.43. The molecule has 0 unspecified atom stereocenters. The van der Waals surface area contributed by atoms with E-state index in [0.29, 0.717) is 48.1 Å². The molecule has 0 fully saturated rings. The maximum Gasteiger partial charge on any atom is 0.251 e. The third-order valence-corrected chi connectivity index (χ3v) is 4.75. The van der Waals surface area contributed by atoms with E-state index < -0.39 is 0 Å². The minimum atomic E-state index is -0.190. The van der Waals surface area contributed by atoms with Crippen LogP contribution in [0.25, 0.3) is 0 Å². The lowest BCUT2D eigenvalue weighted by Gasteiger charge is -2.13. The molecule has 7 heteroatoms. The summed E-state index contributed by atoms with van der Waals surface area (Å²) in [4.78, 5) is 12.5. The van der Waals surface area contributed by atoms with Crippen LogP contribution in [0.5, 0.6) is 23.0 Å². The Kier molecular flexibility index (Phi) is 8.19. The van der Waals surface area contributed by atoms with E-state index in [9.17, 15) is 4.79 Å². The zero-order valence-electron chi connectivity index (χ0n) is 16.2. The number of halogens is 1. The van der Waals surface area contributed by atoms with Crippen LogP contribution in [-0.2, 0) is 6.42 Å². The first kappa shape index (κ1) is 21.6. The molecule has 0 aliphatic heterocycles. The van der Waals surface area contributed by atoms with Gasteiger partial charge < -0.3 is 24.3 Å². The summed E-state index contributed by atoms with van der Waals surface area (Å²) in [5.41, 5.74) is 1.50. The summed E-state index contributed by atoms with van der Waals surface area (Å²) in [6.07, 6.45) is 2.27. The molecule has 1 N–H and O–H groups in total.